The van der Waals surface area contributed by atoms with E-state index < -0.39 is 5.97 Å². The summed E-state index contributed by atoms with van der Waals surface area (Å²) in [7, 11) is 0. The second kappa shape index (κ2) is 7.04. The fourth-order valence-corrected chi connectivity index (χ4v) is 8.78. The molecule has 0 saturated heterocycles. The summed E-state index contributed by atoms with van der Waals surface area (Å²) in [6, 6.07) is 0. The molecule has 0 bridgehead atoms. The number of carboxylic acid groups (broad SMARTS) is 1. The van der Waals surface area contributed by atoms with Crippen LogP contribution in [0, 0.1) is 46.3 Å². The number of fused-ring (bicyclic) bond motifs is 5. The number of aliphatic hydroxyl groups is 1. The molecule has 0 aromatic rings. The molecule has 4 saturated carbocycles. The van der Waals surface area contributed by atoms with E-state index in [1.807, 2.05) is 0 Å². The lowest BCUT2D eigenvalue weighted by Crippen LogP contribution is -2.57. The summed E-state index contributed by atoms with van der Waals surface area (Å²) < 4.78 is 0. The first-order chi connectivity index (χ1) is 12.8. The van der Waals surface area contributed by atoms with Gasteiger partial charge >= 0.3 is 5.97 Å². The van der Waals surface area contributed by atoms with Crippen LogP contribution in [0.15, 0.2) is 0 Å². The van der Waals surface area contributed by atoms with E-state index in [2.05, 4.69) is 20.8 Å². The molecular weight excluding hydrogens is 336 g/mol. The van der Waals surface area contributed by atoms with Gasteiger partial charge in [-0.25, -0.2) is 0 Å². The van der Waals surface area contributed by atoms with Crippen molar-refractivity contribution < 1.29 is 15.0 Å². The van der Waals surface area contributed by atoms with Crippen molar-refractivity contribution >= 4 is 5.97 Å². The number of carbonyl (C=O) groups is 1. The maximum atomic E-state index is 11.2. The standard InChI is InChI=1S/C24H40O3/c1-15(7-10-21(26)27)17-8-9-18-22-19(11-13-24(17,18)3)23(2)12-5-4-6-16(23)14-20(22)25/h15-20,22,25H,4-14H2,1-3H3,(H,26,27)/t15-,16-,17+,18?,19?,20+,22?,23-,24+/m0/s1. The first-order valence-corrected chi connectivity index (χ1v) is 11.7. The third-order valence-corrected chi connectivity index (χ3v) is 10.2. The van der Waals surface area contributed by atoms with Gasteiger partial charge in [-0.05, 0) is 97.7 Å². The van der Waals surface area contributed by atoms with Crippen molar-refractivity contribution in [2.75, 3.05) is 0 Å². The predicted octanol–water partition coefficient (Wildman–Crippen LogP) is 5.51. The van der Waals surface area contributed by atoms with Crippen molar-refractivity contribution in [3.05, 3.63) is 0 Å². The molecule has 154 valence electrons. The van der Waals surface area contributed by atoms with E-state index in [0.717, 1.165) is 18.8 Å². The topological polar surface area (TPSA) is 57.5 Å². The van der Waals surface area contributed by atoms with Crippen LogP contribution in [0.25, 0.3) is 0 Å². The van der Waals surface area contributed by atoms with E-state index in [0.29, 0.717) is 46.8 Å². The molecule has 9 atom stereocenters. The zero-order chi connectivity index (χ0) is 19.4. The van der Waals surface area contributed by atoms with Gasteiger partial charge in [-0.15, -0.1) is 0 Å². The van der Waals surface area contributed by atoms with E-state index >= 15 is 0 Å². The molecule has 0 heterocycles. The van der Waals surface area contributed by atoms with Crippen LogP contribution in [0.1, 0.15) is 91.4 Å². The van der Waals surface area contributed by atoms with Gasteiger partial charge in [0.1, 0.15) is 0 Å². The fraction of sp³-hybridized carbons (Fsp3) is 0.958. The molecule has 0 aromatic heterocycles. The number of rotatable bonds is 4. The van der Waals surface area contributed by atoms with Crippen molar-refractivity contribution in [2.45, 2.75) is 97.5 Å². The first-order valence-electron chi connectivity index (χ1n) is 11.7. The summed E-state index contributed by atoms with van der Waals surface area (Å²) in [5.41, 5.74) is 0.758. The summed E-state index contributed by atoms with van der Waals surface area (Å²) in [5, 5.41) is 20.3. The Morgan fingerprint density at radius 2 is 1.78 bits per heavy atom. The van der Waals surface area contributed by atoms with Crippen molar-refractivity contribution in [1.82, 2.24) is 0 Å². The molecule has 2 N–H and O–H groups in total. The van der Waals surface area contributed by atoms with E-state index in [1.165, 1.54) is 51.4 Å². The molecule has 0 amide bonds. The number of carboxylic acids is 1. The minimum atomic E-state index is -0.663. The predicted molar refractivity (Wildman–Crippen MR) is 107 cm³/mol. The SMILES string of the molecule is C[C@@H](CCC(=O)O)[C@H]1CCC2C3C(CC[C@@]21C)[C@@]1(C)CCCC[C@H]1C[C@H]3O. The summed E-state index contributed by atoms with van der Waals surface area (Å²) >= 11 is 0. The minimum Gasteiger partial charge on any atom is -0.481 e. The smallest absolute Gasteiger partial charge is 0.303 e. The minimum absolute atomic E-state index is 0.108. The van der Waals surface area contributed by atoms with Gasteiger partial charge in [0.15, 0.2) is 0 Å². The van der Waals surface area contributed by atoms with Gasteiger partial charge in [-0.2, -0.15) is 0 Å². The van der Waals surface area contributed by atoms with E-state index in [4.69, 9.17) is 5.11 Å². The normalized spacial score (nSPS) is 50.4. The second-order valence-corrected chi connectivity index (χ2v) is 11.2. The monoisotopic (exact) mass is 376 g/mol. The average molecular weight is 377 g/mol. The van der Waals surface area contributed by atoms with Crippen LogP contribution in [0.5, 0.6) is 0 Å². The Morgan fingerprint density at radius 1 is 1.04 bits per heavy atom. The fourth-order valence-electron chi connectivity index (χ4n) is 8.78. The molecule has 3 heteroatoms. The summed E-state index contributed by atoms with van der Waals surface area (Å²) in [5.74, 6) is 3.02. The summed E-state index contributed by atoms with van der Waals surface area (Å²) in [6.45, 7) is 7.33. The highest BCUT2D eigenvalue weighted by molar-refractivity contribution is 5.66. The molecule has 4 aliphatic carbocycles. The van der Waals surface area contributed by atoms with E-state index in [1.54, 1.807) is 0 Å². The van der Waals surface area contributed by atoms with Crippen molar-refractivity contribution in [3.63, 3.8) is 0 Å². The molecular formula is C24H40O3. The highest BCUT2D eigenvalue weighted by atomic mass is 16.4. The van der Waals surface area contributed by atoms with Gasteiger partial charge in [0.2, 0.25) is 0 Å². The Bertz CT molecular complexity index is 574. The largest absolute Gasteiger partial charge is 0.481 e. The third kappa shape index (κ3) is 3.07. The number of aliphatic hydroxyl groups excluding tert-OH is 1. The van der Waals surface area contributed by atoms with Crippen molar-refractivity contribution in [1.29, 1.82) is 0 Å². The van der Waals surface area contributed by atoms with Gasteiger partial charge < -0.3 is 10.2 Å². The molecule has 27 heavy (non-hydrogen) atoms. The quantitative estimate of drug-likeness (QED) is 0.680. The molecule has 3 nitrogen and oxygen atoms in total. The Morgan fingerprint density at radius 3 is 2.52 bits per heavy atom. The summed E-state index contributed by atoms with van der Waals surface area (Å²) in [4.78, 5) is 11.0. The Labute approximate surface area is 165 Å². The van der Waals surface area contributed by atoms with Crippen LogP contribution in [0.3, 0.4) is 0 Å². The average Bonchev–Trinajstić information content (AvgIpc) is 2.97. The van der Waals surface area contributed by atoms with Crippen LogP contribution >= 0.6 is 0 Å². The number of hydrogen-bond acceptors (Lipinski definition) is 2. The maximum absolute atomic E-state index is 11.2. The van der Waals surface area contributed by atoms with Gasteiger partial charge in [0.25, 0.3) is 0 Å². The Balaban J connectivity index is 1.56. The van der Waals surface area contributed by atoms with Crippen LogP contribution in [0.2, 0.25) is 0 Å². The second-order valence-electron chi connectivity index (χ2n) is 11.2. The lowest BCUT2D eigenvalue weighted by atomic mass is 9.44. The zero-order valence-corrected chi connectivity index (χ0v) is 17.6. The van der Waals surface area contributed by atoms with Crippen LogP contribution in [-0.4, -0.2) is 22.3 Å². The molecule has 3 unspecified atom stereocenters. The van der Waals surface area contributed by atoms with E-state index in [9.17, 15) is 9.90 Å². The van der Waals surface area contributed by atoms with Gasteiger partial charge in [0.05, 0.1) is 6.10 Å². The highest BCUT2D eigenvalue weighted by Gasteiger charge is 2.62. The molecule has 4 aliphatic rings. The van der Waals surface area contributed by atoms with Crippen LogP contribution in [-0.2, 0) is 4.79 Å². The van der Waals surface area contributed by atoms with Gasteiger partial charge in [0, 0.05) is 6.42 Å². The first kappa shape index (κ1) is 19.7. The molecule has 0 radical (unpaired) electrons. The molecule has 4 rings (SSSR count). The lowest BCUT2D eigenvalue weighted by molar-refractivity contribution is -0.164. The van der Waals surface area contributed by atoms with Gasteiger partial charge in [-0.1, -0.05) is 33.6 Å². The van der Waals surface area contributed by atoms with Crippen molar-refractivity contribution in [2.24, 2.45) is 46.3 Å². The van der Waals surface area contributed by atoms with Crippen LogP contribution < -0.4 is 0 Å². The Hall–Kier alpha value is -0.570. The lowest BCUT2D eigenvalue weighted by Gasteiger charge is -2.62. The molecule has 0 aromatic carbocycles. The zero-order valence-electron chi connectivity index (χ0n) is 17.6. The highest BCUT2D eigenvalue weighted by Crippen LogP contribution is 2.68. The van der Waals surface area contributed by atoms with E-state index in [-0.39, 0.29) is 6.10 Å². The third-order valence-electron chi connectivity index (χ3n) is 10.2. The van der Waals surface area contributed by atoms with Crippen molar-refractivity contribution in [3.8, 4) is 0 Å². The van der Waals surface area contributed by atoms with Crippen LogP contribution in [0.4, 0.5) is 0 Å². The molecule has 0 aliphatic heterocycles. The summed E-state index contributed by atoms with van der Waals surface area (Å²) in [6.07, 6.45) is 12.5. The molecule has 0 spiro atoms. The number of hydrogen-bond donors (Lipinski definition) is 2. The van der Waals surface area contributed by atoms with Gasteiger partial charge in [-0.3, -0.25) is 4.79 Å². The maximum Gasteiger partial charge on any atom is 0.303 e. The number of aliphatic carboxylic acids is 1. The Kier molecular flexibility index (Phi) is 5.15. The molecule has 4 fully saturated rings.